The van der Waals surface area contributed by atoms with Gasteiger partial charge in [0.25, 0.3) is 0 Å². The van der Waals surface area contributed by atoms with Crippen molar-refractivity contribution in [1.29, 1.82) is 0 Å². The first kappa shape index (κ1) is 17.5. The molecule has 0 bridgehead atoms. The fourth-order valence-electron chi connectivity index (χ4n) is 2.22. The Morgan fingerprint density at radius 2 is 2.05 bits per heavy atom. The van der Waals surface area contributed by atoms with Crippen molar-refractivity contribution in [2.24, 2.45) is 11.7 Å². The van der Waals surface area contributed by atoms with Crippen LogP contribution in [0.25, 0.3) is 0 Å². The summed E-state index contributed by atoms with van der Waals surface area (Å²) in [7, 11) is 0. The summed E-state index contributed by atoms with van der Waals surface area (Å²) in [5.74, 6) is 1.47. The van der Waals surface area contributed by atoms with Crippen LogP contribution in [0, 0.1) is 12.8 Å². The van der Waals surface area contributed by atoms with E-state index in [-0.39, 0.29) is 11.9 Å². The Hall–Kier alpha value is -1.55. The maximum atomic E-state index is 11.8. The zero-order valence-electron chi connectivity index (χ0n) is 13.4. The highest BCUT2D eigenvalue weighted by Gasteiger charge is 2.12. The van der Waals surface area contributed by atoms with Gasteiger partial charge in [0.05, 0.1) is 6.61 Å². The molecule has 1 atom stereocenters. The van der Waals surface area contributed by atoms with Gasteiger partial charge in [-0.3, -0.25) is 4.79 Å². The lowest BCUT2D eigenvalue weighted by atomic mass is 10.0. The molecular weight excluding hydrogens is 264 g/mol. The Morgan fingerprint density at radius 3 is 2.67 bits per heavy atom. The van der Waals surface area contributed by atoms with Gasteiger partial charge in [-0.1, -0.05) is 32.0 Å². The van der Waals surface area contributed by atoms with Crippen molar-refractivity contribution in [2.45, 2.75) is 46.1 Å². The van der Waals surface area contributed by atoms with Gasteiger partial charge in [-0.15, -0.1) is 0 Å². The van der Waals surface area contributed by atoms with Crippen molar-refractivity contribution < 1.29 is 9.53 Å². The Bertz CT molecular complexity index is 433. The van der Waals surface area contributed by atoms with Crippen molar-refractivity contribution in [3.8, 4) is 5.75 Å². The van der Waals surface area contributed by atoms with Crippen LogP contribution in [0.1, 0.15) is 38.7 Å². The minimum atomic E-state index is 0.0551. The summed E-state index contributed by atoms with van der Waals surface area (Å²) in [6, 6.07) is 7.97. The van der Waals surface area contributed by atoms with Gasteiger partial charge in [0.1, 0.15) is 5.75 Å². The fraction of sp³-hybridized carbons (Fsp3) is 0.588. The average Bonchev–Trinajstić information content (AvgIpc) is 2.44. The van der Waals surface area contributed by atoms with E-state index in [0.717, 1.165) is 17.7 Å². The first-order valence-corrected chi connectivity index (χ1v) is 7.70. The molecule has 1 aromatic carbocycles. The highest BCUT2D eigenvalue weighted by molar-refractivity contribution is 5.76. The third-order valence-electron chi connectivity index (χ3n) is 3.30. The zero-order chi connectivity index (χ0) is 15.7. The van der Waals surface area contributed by atoms with Crippen molar-refractivity contribution >= 4 is 5.91 Å². The van der Waals surface area contributed by atoms with Crippen LogP contribution < -0.4 is 15.8 Å². The minimum Gasteiger partial charge on any atom is -0.493 e. The molecule has 1 unspecified atom stereocenters. The molecule has 0 saturated carbocycles. The SMILES string of the molecule is Cc1ccccc1OCCCC(=O)NC(CN)CC(C)C. The van der Waals surface area contributed by atoms with Crippen LogP contribution in [0.5, 0.6) is 5.75 Å². The zero-order valence-corrected chi connectivity index (χ0v) is 13.4. The minimum absolute atomic E-state index is 0.0551. The van der Waals surface area contributed by atoms with Crippen molar-refractivity contribution in [2.75, 3.05) is 13.2 Å². The van der Waals surface area contributed by atoms with E-state index in [4.69, 9.17) is 10.5 Å². The number of hydrogen-bond acceptors (Lipinski definition) is 3. The van der Waals surface area contributed by atoms with Crippen LogP contribution in [-0.4, -0.2) is 25.1 Å². The number of rotatable bonds is 9. The van der Waals surface area contributed by atoms with Gasteiger partial charge in [0, 0.05) is 19.0 Å². The van der Waals surface area contributed by atoms with Gasteiger partial charge in [-0.25, -0.2) is 0 Å². The highest BCUT2D eigenvalue weighted by atomic mass is 16.5. The maximum absolute atomic E-state index is 11.8. The topological polar surface area (TPSA) is 64.3 Å². The molecule has 0 spiro atoms. The third-order valence-corrected chi connectivity index (χ3v) is 3.30. The van der Waals surface area contributed by atoms with Crippen LogP contribution in [-0.2, 0) is 4.79 Å². The van der Waals surface area contributed by atoms with E-state index in [9.17, 15) is 4.79 Å². The van der Waals surface area contributed by atoms with Gasteiger partial charge in [-0.05, 0) is 37.3 Å². The summed E-state index contributed by atoms with van der Waals surface area (Å²) >= 11 is 0. The molecule has 1 rings (SSSR count). The van der Waals surface area contributed by atoms with E-state index in [1.165, 1.54) is 0 Å². The molecule has 4 nitrogen and oxygen atoms in total. The molecule has 0 aromatic heterocycles. The Balaban J connectivity index is 2.23. The lowest BCUT2D eigenvalue weighted by molar-refractivity contribution is -0.122. The van der Waals surface area contributed by atoms with Crippen LogP contribution >= 0.6 is 0 Å². The van der Waals surface area contributed by atoms with Gasteiger partial charge >= 0.3 is 0 Å². The molecule has 1 aromatic rings. The summed E-state index contributed by atoms with van der Waals surface area (Å²) < 4.78 is 5.68. The van der Waals surface area contributed by atoms with Gasteiger partial charge in [0.15, 0.2) is 0 Å². The first-order valence-electron chi connectivity index (χ1n) is 7.70. The molecule has 1 amide bonds. The number of amides is 1. The second-order valence-corrected chi connectivity index (χ2v) is 5.85. The molecule has 118 valence electrons. The molecule has 0 heterocycles. The molecular formula is C17H28N2O2. The quantitative estimate of drug-likeness (QED) is 0.688. The average molecular weight is 292 g/mol. The van der Waals surface area contributed by atoms with Crippen molar-refractivity contribution in [3.63, 3.8) is 0 Å². The number of nitrogens with one attached hydrogen (secondary N) is 1. The number of aryl methyl sites for hydroxylation is 1. The monoisotopic (exact) mass is 292 g/mol. The lowest BCUT2D eigenvalue weighted by Crippen LogP contribution is -2.41. The fourth-order valence-corrected chi connectivity index (χ4v) is 2.22. The number of nitrogens with two attached hydrogens (primary N) is 1. The predicted octanol–water partition coefficient (Wildman–Crippen LogP) is 2.64. The summed E-state index contributed by atoms with van der Waals surface area (Å²) in [4.78, 5) is 11.8. The van der Waals surface area contributed by atoms with Crippen LogP contribution in [0.3, 0.4) is 0 Å². The number of hydrogen-bond donors (Lipinski definition) is 2. The molecule has 0 radical (unpaired) electrons. The third kappa shape index (κ3) is 7.14. The summed E-state index contributed by atoms with van der Waals surface area (Å²) in [5, 5.41) is 2.99. The van der Waals surface area contributed by atoms with Gasteiger partial charge in [0.2, 0.25) is 5.91 Å². The van der Waals surface area contributed by atoms with Crippen molar-refractivity contribution in [3.05, 3.63) is 29.8 Å². The standard InChI is InChI=1S/C17H28N2O2/c1-13(2)11-15(12-18)19-17(20)9-6-10-21-16-8-5-4-7-14(16)3/h4-5,7-8,13,15H,6,9-12,18H2,1-3H3,(H,19,20). The smallest absolute Gasteiger partial charge is 0.220 e. The molecule has 0 fully saturated rings. The molecule has 0 saturated heterocycles. The van der Waals surface area contributed by atoms with Gasteiger partial charge < -0.3 is 15.8 Å². The summed E-state index contributed by atoms with van der Waals surface area (Å²) in [5.41, 5.74) is 6.79. The number of carbonyl (C=O) groups excluding carboxylic acids is 1. The predicted molar refractivity (Wildman–Crippen MR) is 86.3 cm³/mol. The van der Waals surface area contributed by atoms with E-state index < -0.39 is 0 Å². The number of benzene rings is 1. The lowest BCUT2D eigenvalue weighted by Gasteiger charge is -2.18. The van der Waals surface area contributed by atoms with E-state index >= 15 is 0 Å². The number of para-hydroxylation sites is 1. The van der Waals surface area contributed by atoms with Gasteiger partial charge in [-0.2, -0.15) is 0 Å². The Kier molecular flexibility index (Phi) is 7.83. The molecule has 0 aliphatic heterocycles. The normalized spacial score (nSPS) is 12.2. The van der Waals surface area contributed by atoms with Crippen LogP contribution in [0.4, 0.5) is 0 Å². The second-order valence-electron chi connectivity index (χ2n) is 5.85. The van der Waals surface area contributed by atoms with Crippen LogP contribution in [0.15, 0.2) is 24.3 Å². The number of carbonyl (C=O) groups is 1. The van der Waals surface area contributed by atoms with E-state index in [1.807, 2.05) is 31.2 Å². The maximum Gasteiger partial charge on any atom is 0.220 e. The summed E-state index contributed by atoms with van der Waals surface area (Å²) in [6.07, 6.45) is 2.10. The highest BCUT2D eigenvalue weighted by Crippen LogP contribution is 2.16. The Morgan fingerprint density at radius 1 is 1.33 bits per heavy atom. The van der Waals surface area contributed by atoms with Crippen molar-refractivity contribution in [1.82, 2.24) is 5.32 Å². The molecule has 0 aliphatic carbocycles. The molecule has 4 heteroatoms. The molecule has 3 N–H and O–H groups in total. The molecule has 0 aliphatic rings. The first-order chi connectivity index (χ1) is 10.0. The molecule has 21 heavy (non-hydrogen) atoms. The Labute approximate surface area is 128 Å². The number of ether oxygens (including phenoxy) is 1. The van der Waals surface area contributed by atoms with E-state index in [1.54, 1.807) is 0 Å². The van der Waals surface area contributed by atoms with E-state index in [2.05, 4.69) is 19.2 Å². The van der Waals surface area contributed by atoms with Crippen LogP contribution in [0.2, 0.25) is 0 Å². The second kappa shape index (κ2) is 9.40. The van der Waals surface area contributed by atoms with E-state index in [0.29, 0.717) is 31.9 Å². The largest absolute Gasteiger partial charge is 0.493 e. The summed E-state index contributed by atoms with van der Waals surface area (Å²) in [6.45, 7) is 7.31.